The summed E-state index contributed by atoms with van der Waals surface area (Å²) >= 11 is 0. The largest absolute Gasteiger partial charge is 0.326 e. The Bertz CT molecular complexity index is 369. The fourth-order valence-corrected chi connectivity index (χ4v) is 5.00. The van der Waals surface area contributed by atoms with E-state index in [1.54, 1.807) is 4.31 Å². The minimum atomic E-state index is -3.10. The highest BCUT2D eigenvalue weighted by Gasteiger charge is 2.34. The van der Waals surface area contributed by atoms with Crippen molar-refractivity contribution < 1.29 is 8.42 Å². The van der Waals surface area contributed by atoms with Gasteiger partial charge in [-0.1, -0.05) is 25.7 Å². The number of rotatable bonds is 5. The Morgan fingerprint density at radius 1 is 1.21 bits per heavy atom. The molecular formula is C13H27ClN2O2S. The summed E-state index contributed by atoms with van der Waals surface area (Å²) in [6.45, 7) is 2.59. The Kier molecular flexibility index (Phi) is 6.57. The van der Waals surface area contributed by atoms with Gasteiger partial charge in [-0.3, -0.25) is 0 Å². The van der Waals surface area contributed by atoms with Crippen LogP contribution in [0.4, 0.5) is 0 Å². The maximum Gasteiger partial charge on any atom is 0.214 e. The van der Waals surface area contributed by atoms with Crippen molar-refractivity contribution in [2.24, 2.45) is 11.7 Å². The van der Waals surface area contributed by atoms with Crippen LogP contribution in [-0.4, -0.2) is 37.1 Å². The summed E-state index contributed by atoms with van der Waals surface area (Å²) in [6, 6.07) is -0.0473. The Balaban J connectivity index is 0.00000180. The van der Waals surface area contributed by atoms with Crippen LogP contribution in [0.1, 0.15) is 51.9 Å². The molecule has 0 aromatic heterocycles. The van der Waals surface area contributed by atoms with E-state index < -0.39 is 10.0 Å². The van der Waals surface area contributed by atoms with Crippen LogP contribution in [0.15, 0.2) is 0 Å². The smallest absolute Gasteiger partial charge is 0.214 e. The molecule has 2 N–H and O–H groups in total. The van der Waals surface area contributed by atoms with Gasteiger partial charge < -0.3 is 5.73 Å². The quantitative estimate of drug-likeness (QED) is 0.846. The van der Waals surface area contributed by atoms with E-state index in [-0.39, 0.29) is 24.5 Å². The van der Waals surface area contributed by atoms with Gasteiger partial charge in [-0.05, 0) is 32.1 Å². The van der Waals surface area contributed by atoms with Crippen molar-refractivity contribution in [1.82, 2.24) is 4.31 Å². The summed E-state index contributed by atoms with van der Waals surface area (Å²) in [5.41, 5.74) is 5.94. The minimum Gasteiger partial charge on any atom is -0.326 e. The van der Waals surface area contributed by atoms with Gasteiger partial charge in [-0.2, -0.15) is 4.31 Å². The summed E-state index contributed by atoms with van der Waals surface area (Å²) in [5, 5.41) is 0. The lowest BCUT2D eigenvalue weighted by Gasteiger charge is -2.37. The summed E-state index contributed by atoms with van der Waals surface area (Å²) in [7, 11) is -3.10. The average molecular weight is 311 g/mol. The second-order valence-corrected chi connectivity index (χ2v) is 7.98. The van der Waals surface area contributed by atoms with E-state index in [1.807, 2.05) is 6.92 Å². The van der Waals surface area contributed by atoms with Crippen LogP contribution < -0.4 is 5.73 Å². The molecule has 4 nitrogen and oxygen atoms in total. The van der Waals surface area contributed by atoms with Crippen molar-refractivity contribution in [3.8, 4) is 0 Å². The van der Waals surface area contributed by atoms with E-state index in [0.717, 1.165) is 25.7 Å². The van der Waals surface area contributed by atoms with Crippen molar-refractivity contribution in [3.63, 3.8) is 0 Å². The molecule has 19 heavy (non-hydrogen) atoms. The van der Waals surface area contributed by atoms with Crippen molar-refractivity contribution in [3.05, 3.63) is 0 Å². The van der Waals surface area contributed by atoms with Gasteiger partial charge in [-0.15, -0.1) is 12.4 Å². The van der Waals surface area contributed by atoms with Gasteiger partial charge in [0, 0.05) is 18.6 Å². The first-order chi connectivity index (χ1) is 8.50. The Hall–Kier alpha value is 0.160. The fraction of sp³-hybridized carbons (Fsp3) is 1.00. The Morgan fingerprint density at radius 2 is 1.89 bits per heavy atom. The molecule has 114 valence electrons. The van der Waals surface area contributed by atoms with Gasteiger partial charge >= 0.3 is 0 Å². The standard InChI is InChI=1S/C13H26N2O2S.ClH/c1-11(14)13-7-2-3-9-15(13)18(16,17)10-8-12-5-4-6-12;/h11-13H,2-10,14H2,1H3;1H. The third kappa shape index (κ3) is 4.31. The molecule has 6 heteroatoms. The number of hydrogen-bond donors (Lipinski definition) is 1. The maximum absolute atomic E-state index is 12.4. The molecule has 1 heterocycles. The molecule has 1 aliphatic carbocycles. The lowest BCUT2D eigenvalue weighted by Crippen LogP contribution is -2.52. The van der Waals surface area contributed by atoms with E-state index in [4.69, 9.17) is 5.73 Å². The number of halogens is 1. The number of nitrogens with zero attached hydrogens (tertiary/aromatic N) is 1. The molecule has 2 fully saturated rings. The Morgan fingerprint density at radius 3 is 2.42 bits per heavy atom. The second kappa shape index (κ2) is 7.25. The van der Waals surface area contributed by atoms with Gasteiger partial charge in [0.05, 0.1) is 5.75 Å². The normalized spacial score (nSPS) is 27.4. The summed E-state index contributed by atoms with van der Waals surface area (Å²) in [4.78, 5) is 0. The molecule has 0 aromatic rings. The van der Waals surface area contributed by atoms with Crippen molar-refractivity contribution >= 4 is 22.4 Å². The molecule has 2 rings (SSSR count). The number of nitrogens with two attached hydrogens (primary N) is 1. The topological polar surface area (TPSA) is 63.4 Å². The summed E-state index contributed by atoms with van der Waals surface area (Å²) in [6.07, 6.45) is 7.53. The lowest BCUT2D eigenvalue weighted by atomic mass is 9.84. The van der Waals surface area contributed by atoms with E-state index >= 15 is 0 Å². The molecule has 1 saturated carbocycles. The molecule has 1 saturated heterocycles. The minimum absolute atomic E-state index is 0. The summed E-state index contributed by atoms with van der Waals surface area (Å²) in [5.74, 6) is 0.972. The van der Waals surface area contributed by atoms with Crippen LogP contribution in [0.3, 0.4) is 0 Å². The van der Waals surface area contributed by atoms with Crippen LogP contribution >= 0.6 is 12.4 Å². The molecule has 2 aliphatic rings. The van der Waals surface area contributed by atoms with Crippen LogP contribution in [0.25, 0.3) is 0 Å². The van der Waals surface area contributed by atoms with Crippen LogP contribution in [0.5, 0.6) is 0 Å². The predicted molar refractivity (Wildman–Crippen MR) is 81.0 cm³/mol. The molecule has 0 aromatic carbocycles. The van der Waals surface area contributed by atoms with E-state index in [1.165, 1.54) is 19.3 Å². The molecule has 2 unspecified atom stereocenters. The van der Waals surface area contributed by atoms with Gasteiger partial charge in [0.2, 0.25) is 10.0 Å². The van der Waals surface area contributed by atoms with Crippen LogP contribution in [0.2, 0.25) is 0 Å². The number of sulfonamides is 1. The monoisotopic (exact) mass is 310 g/mol. The van der Waals surface area contributed by atoms with E-state index in [2.05, 4.69) is 0 Å². The van der Waals surface area contributed by atoms with Gasteiger partial charge in [0.1, 0.15) is 0 Å². The van der Waals surface area contributed by atoms with E-state index in [9.17, 15) is 8.42 Å². The van der Waals surface area contributed by atoms with Gasteiger partial charge in [0.25, 0.3) is 0 Å². The fourth-order valence-electron chi connectivity index (χ4n) is 3.02. The Labute approximate surface area is 123 Å². The zero-order valence-electron chi connectivity index (χ0n) is 11.8. The SMILES string of the molecule is CC(N)C1CCCCN1S(=O)(=O)CCC1CCC1.Cl. The number of hydrogen-bond acceptors (Lipinski definition) is 3. The molecule has 1 aliphatic heterocycles. The summed E-state index contributed by atoms with van der Waals surface area (Å²) < 4.78 is 26.5. The van der Waals surface area contributed by atoms with E-state index in [0.29, 0.717) is 18.2 Å². The van der Waals surface area contributed by atoms with Gasteiger partial charge in [-0.25, -0.2) is 8.42 Å². The lowest BCUT2D eigenvalue weighted by molar-refractivity contribution is 0.225. The zero-order chi connectivity index (χ0) is 13.2. The maximum atomic E-state index is 12.4. The van der Waals surface area contributed by atoms with Crippen molar-refractivity contribution in [2.75, 3.05) is 12.3 Å². The first-order valence-corrected chi connectivity index (χ1v) is 8.87. The third-order valence-corrected chi connectivity index (χ3v) is 6.39. The number of piperidine rings is 1. The average Bonchev–Trinajstić information content (AvgIpc) is 2.26. The highest BCUT2D eigenvalue weighted by molar-refractivity contribution is 7.89. The molecule has 0 spiro atoms. The van der Waals surface area contributed by atoms with Gasteiger partial charge in [0.15, 0.2) is 0 Å². The first kappa shape index (κ1) is 17.2. The predicted octanol–water partition coefficient (Wildman–Crippen LogP) is 2.13. The second-order valence-electron chi connectivity index (χ2n) is 5.93. The van der Waals surface area contributed by atoms with Crippen molar-refractivity contribution in [1.29, 1.82) is 0 Å². The molecule has 0 amide bonds. The molecular weight excluding hydrogens is 284 g/mol. The highest BCUT2D eigenvalue weighted by Crippen LogP contribution is 2.31. The highest BCUT2D eigenvalue weighted by atomic mass is 35.5. The molecule has 0 radical (unpaired) electrons. The van der Waals surface area contributed by atoms with Crippen LogP contribution in [-0.2, 0) is 10.0 Å². The molecule has 2 atom stereocenters. The van der Waals surface area contributed by atoms with Crippen LogP contribution in [0, 0.1) is 5.92 Å². The zero-order valence-corrected chi connectivity index (χ0v) is 13.4. The first-order valence-electron chi connectivity index (χ1n) is 7.26. The third-order valence-electron chi connectivity index (χ3n) is 4.47. The van der Waals surface area contributed by atoms with Crippen molar-refractivity contribution in [2.45, 2.75) is 64.0 Å². The molecule has 0 bridgehead atoms.